The van der Waals surface area contributed by atoms with E-state index in [0.29, 0.717) is 10.9 Å². The summed E-state index contributed by atoms with van der Waals surface area (Å²) >= 11 is 1.40. The number of para-hydroxylation sites is 1. The molecule has 0 saturated carbocycles. The number of carbonyl (C=O) groups is 1. The molecule has 0 spiro atoms. The molecule has 4 rings (SSSR count). The van der Waals surface area contributed by atoms with E-state index in [9.17, 15) is 4.79 Å². The van der Waals surface area contributed by atoms with Crippen LogP contribution < -0.4 is 15.9 Å². The van der Waals surface area contributed by atoms with E-state index >= 15 is 0 Å². The molecule has 2 aromatic rings. The van der Waals surface area contributed by atoms with Gasteiger partial charge in [0.2, 0.25) is 0 Å². The third-order valence-corrected chi connectivity index (χ3v) is 4.53. The molecule has 1 amide bonds. The zero-order valence-corrected chi connectivity index (χ0v) is 13.5. The molecule has 1 aromatic heterocycles. The Balaban J connectivity index is 2.02. The molecule has 2 aliphatic rings. The third kappa shape index (κ3) is 2.16. The number of rotatable bonds is 1. The van der Waals surface area contributed by atoms with Gasteiger partial charge >= 0.3 is 0 Å². The Morgan fingerprint density at radius 1 is 1.22 bits per heavy atom. The van der Waals surface area contributed by atoms with Crippen LogP contribution >= 0.6 is 11.8 Å². The molecule has 1 atom stereocenters. The number of thioether (sulfide) groups is 1. The number of aryl methyl sites for hydroxylation is 1. The van der Waals surface area contributed by atoms with Crippen LogP contribution in [0.25, 0.3) is 5.70 Å². The summed E-state index contributed by atoms with van der Waals surface area (Å²) in [5, 5.41) is 11.3. The van der Waals surface area contributed by atoms with Crippen molar-refractivity contribution in [3.63, 3.8) is 0 Å². The predicted molar refractivity (Wildman–Crippen MR) is 89.7 cm³/mol. The number of amides is 1. The summed E-state index contributed by atoms with van der Waals surface area (Å²) in [6.07, 6.45) is 3.50. The zero-order chi connectivity index (χ0) is 16.0. The Bertz CT molecular complexity index is 945. The first-order valence-corrected chi connectivity index (χ1v) is 8.43. The van der Waals surface area contributed by atoms with Crippen molar-refractivity contribution in [2.75, 3.05) is 6.26 Å². The predicted octanol–water partition coefficient (Wildman–Crippen LogP) is 0.531. The molecule has 0 saturated heterocycles. The first kappa shape index (κ1) is 14.1. The number of nitrogens with one attached hydrogen (secondary N) is 1. The Labute approximate surface area is 137 Å². The molecule has 2 aliphatic heterocycles. The van der Waals surface area contributed by atoms with Gasteiger partial charge < -0.3 is 4.57 Å². The van der Waals surface area contributed by atoms with Gasteiger partial charge in [-0.05, 0) is 24.5 Å². The maximum atomic E-state index is 12.6. The number of nitrogens with zero attached hydrogens (tertiary/aromatic N) is 4. The number of hydrogen-bond donors (Lipinski definition) is 1. The Morgan fingerprint density at radius 3 is 2.78 bits per heavy atom. The number of hydrogen-bond acceptors (Lipinski definition) is 5. The minimum atomic E-state index is -0.354. The smallest absolute Gasteiger partial charge is 0.276 e. The molecule has 0 fully saturated rings. The number of aromatic nitrogens is 1. The molecule has 23 heavy (non-hydrogen) atoms. The van der Waals surface area contributed by atoms with Crippen LogP contribution in [0.1, 0.15) is 11.9 Å². The van der Waals surface area contributed by atoms with E-state index in [4.69, 9.17) is 4.99 Å². The number of benzene rings is 1. The van der Waals surface area contributed by atoms with Crippen LogP contribution in [0.3, 0.4) is 0 Å². The highest BCUT2D eigenvalue weighted by Crippen LogP contribution is 2.30. The Hall–Kier alpha value is -2.54. The van der Waals surface area contributed by atoms with Crippen LogP contribution in [-0.4, -0.2) is 26.9 Å². The number of fused-ring (bicyclic) bond motifs is 2. The van der Waals surface area contributed by atoms with Crippen LogP contribution in [-0.2, 0) is 11.8 Å². The molecule has 7 heteroatoms. The van der Waals surface area contributed by atoms with Crippen molar-refractivity contribution in [1.82, 2.24) is 14.9 Å². The lowest BCUT2D eigenvalue weighted by Crippen LogP contribution is -2.50. The van der Waals surface area contributed by atoms with Crippen molar-refractivity contribution in [3.05, 3.63) is 58.9 Å². The molecule has 3 heterocycles. The lowest BCUT2D eigenvalue weighted by atomic mass is 10.1. The van der Waals surface area contributed by atoms with Crippen molar-refractivity contribution >= 4 is 28.5 Å². The van der Waals surface area contributed by atoms with Crippen LogP contribution in [0.2, 0.25) is 0 Å². The topological polar surface area (TPSA) is 62.0 Å². The molecule has 1 aromatic carbocycles. The van der Waals surface area contributed by atoms with Gasteiger partial charge in [0.05, 0.1) is 11.1 Å². The molecule has 1 N–H and O–H groups in total. The summed E-state index contributed by atoms with van der Waals surface area (Å²) < 4.78 is 2.00. The van der Waals surface area contributed by atoms with E-state index in [1.807, 2.05) is 60.5 Å². The fraction of sp³-hybridized carbons (Fsp3) is 0.188. The molecule has 6 nitrogen and oxygen atoms in total. The molecule has 0 bridgehead atoms. The van der Waals surface area contributed by atoms with Gasteiger partial charge in [-0.1, -0.05) is 30.0 Å². The molecule has 1 unspecified atom stereocenters. The lowest BCUT2D eigenvalue weighted by Gasteiger charge is -2.33. The van der Waals surface area contributed by atoms with Gasteiger partial charge in [0.15, 0.2) is 11.3 Å². The lowest BCUT2D eigenvalue weighted by molar-refractivity contribution is -0.116. The highest BCUT2D eigenvalue weighted by molar-refractivity contribution is 8.13. The van der Waals surface area contributed by atoms with Gasteiger partial charge in [-0.2, -0.15) is 0 Å². The van der Waals surface area contributed by atoms with Crippen molar-refractivity contribution < 1.29 is 4.79 Å². The van der Waals surface area contributed by atoms with Crippen molar-refractivity contribution in [3.8, 4) is 0 Å². The van der Waals surface area contributed by atoms with Gasteiger partial charge in [0.25, 0.3) is 5.91 Å². The highest BCUT2D eigenvalue weighted by Gasteiger charge is 2.34. The first-order valence-electron chi connectivity index (χ1n) is 7.20. The van der Waals surface area contributed by atoms with Gasteiger partial charge in [0, 0.05) is 18.5 Å². The second kappa shape index (κ2) is 5.27. The second-order valence-corrected chi connectivity index (χ2v) is 6.12. The number of carbonyl (C=O) groups excluding carboxylic acids is 1. The molecule has 0 radical (unpaired) electrons. The summed E-state index contributed by atoms with van der Waals surface area (Å²) in [5.74, 6) is -0.147. The van der Waals surface area contributed by atoms with E-state index < -0.39 is 0 Å². The first-order chi connectivity index (χ1) is 11.2. The third-order valence-electron chi connectivity index (χ3n) is 3.96. The molecule has 0 aliphatic carbocycles. The SMILES string of the molecule is CSC1=NN2C(=c3ccccc3=NC2c2cccn2C)C(=O)N1. The minimum absolute atomic E-state index is 0.147. The van der Waals surface area contributed by atoms with Crippen molar-refractivity contribution in [2.24, 2.45) is 17.1 Å². The number of hydrazone groups is 1. The van der Waals surface area contributed by atoms with E-state index in [1.165, 1.54) is 11.8 Å². The fourth-order valence-electron chi connectivity index (χ4n) is 2.85. The summed E-state index contributed by atoms with van der Waals surface area (Å²) in [7, 11) is 1.97. The summed E-state index contributed by atoms with van der Waals surface area (Å²) in [6.45, 7) is 0. The quantitative estimate of drug-likeness (QED) is 0.832. The largest absolute Gasteiger partial charge is 0.351 e. The highest BCUT2D eigenvalue weighted by atomic mass is 32.2. The monoisotopic (exact) mass is 325 g/mol. The Kier molecular flexibility index (Phi) is 3.23. The van der Waals surface area contributed by atoms with Crippen molar-refractivity contribution in [2.45, 2.75) is 6.17 Å². The van der Waals surface area contributed by atoms with Crippen LogP contribution in [0.4, 0.5) is 0 Å². The zero-order valence-electron chi connectivity index (χ0n) is 12.7. The maximum Gasteiger partial charge on any atom is 0.276 e. The van der Waals surface area contributed by atoms with Gasteiger partial charge in [-0.15, -0.1) is 5.10 Å². The summed E-state index contributed by atoms with van der Waals surface area (Å²) in [4.78, 5) is 17.5. The standard InChI is InChI=1S/C16H15N5OS/c1-20-9-5-8-12(20)14-17-11-7-4-3-6-10(11)13-15(22)18-16(23-2)19-21(13)14/h3-9,14H,1-2H3,(H,18,19,22). The average molecular weight is 325 g/mol. The average Bonchev–Trinajstić information content (AvgIpc) is 2.99. The van der Waals surface area contributed by atoms with Crippen molar-refractivity contribution in [1.29, 1.82) is 0 Å². The van der Waals surface area contributed by atoms with Gasteiger partial charge in [-0.25, -0.2) is 5.01 Å². The van der Waals surface area contributed by atoms with Gasteiger partial charge in [-0.3, -0.25) is 15.1 Å². The van der Waals surface area contributed by atoms with Crippen LogP contribution in [0, 0.1) is 0 Å². The summed E-state index contributed by atoms with van der Waals surface area (Å²) in [6, 6.07) is 11.6. The maximum absolute atomic E-state index is 12.6. The fourth-order valence-corrected chi connectivity index (χ4v) is 3.22. The van der Waals surface area contributed by atoms with Crippen LogP contribution in [0.5, 0.6) is 0 Å². The summed E-state index contributed by atoms with van der Waals surface area (Å²) in [5.41, 5.74) is 1.52. The van der Waals surface area contributed by atoms with Crippen LogP contribution in [0.15, 0.2) is 52.7 Å². The van der Waals surface area contributed by atoms with E-state index in [-0.39, 0.29) is 12.1 Å². The minimum Gasteiger partial charge on any atom is -0.351 e. The molecule has 116 valence electrons. The normalized spacial score (nSPS) is 19.5. The van der Waals surface area contributed by atoms with Gasteiger partial charge in [0.1, 0.15) is 5.70 Å². The Morgan fingerprint density at radius 2 is 2.04 bits per heavy atom. The van der Waals surface area contributed by atoms with E-state index in [1.54, 1.807) is 5.01 Å². The molecular weight excluding hydrogens is 310 g/mol. The van der Waals surface area contributed by atoms with E-state index in [0.717, 1.165) is 16.3 Å². The van der Waals surface area contributed by atoms with E-state index in [2.05, 4.69) is 10.4 Å². The molecular formula is C16H15N5OS. The number of amidine groups is 1. The second-order valence-electron chi connectivity index (χ2n) is 5.32.